The summed E-state index contributed by atoms with van der Waals surface area (Å²) in [7, 11) is 0. The fraction of sp³-hybridized carbons (Fsp3) is 0.714. The lowest BCUT2D eigenvalue weighted by molar-refractivity contribution is -0.141. The zero-order chi connectivity index (χ0) is 14.4. The molecule has 1 aliphatic heterocycles. The number of likely N-dealkylation sites (tertiary alicyclic amines) is 1. The number of hydrogen-bond donors (Lipinski definition) is 1. The number of rotatable bonds is 8. The van der Waals surface area contributed by atoms with Crippen molar-refractivity contribution in [1.29, 1.82) is 0 Å². The molecule has 0 saturated carbocycles. The molecule has 1 saturated heterocycles. The number of imide groups is 1. The standard InChI is InChI=1S/C14H24N2O3/c1-5-11(4)16-13(17)8-12(14(16)18)15-6-7-19-9-10(2)3/h11-12,15H,2,5-9H2,1,3-4H3. The minimum atomic E-state index is -0.394. The van der Waals surface area contributed by atoms with Gasteiger partial charge in [-0.15, -0.1) is 0 Å². The highest BCUT2D eigenvalue weighted by Crippen LogP contribution is 2.17. The van der Waals surface area contributed by atoms with Gasteiger partial charge in [0, 0.05) is 12.6 Å². The number of amides is 2. The first-order valence-corrected chi connectivity index (χ1v) is 6.78. The lowest BCUT2D eigenvalue weighted by Crippen LogP contribution is -2.43. The van der Waals surface area contributed by atoms with Crippen LogP contribution in [0.5, 0.6) is 0 Å². The van der Waals surface area contributed by atoms with Gasteiger partial charge in [-0.3, -0.25) is 14.5 Å². The maximum Gasteiger partial charge on any atom is 0.247 e. The van der Waals surface area contributed by atoms with Gasteiger partial charge >= 0.3 is 0 Å². The summed E-state index contributed by atoms with van der Waals surface area (Å²) in [5, 5.41) is 3.08. The van der Waals surface area contributed by atoms with Crippen molar-refractivity contribution in [1.82, 2.24) is 10.2 Å². The Kier molecular flexibility index (Phi) is 6.18. The van der Waals surface area contributed by atoms with Gasteiger partial charge in [0.25, 0.3) is 0 Å². The first-order chi connectivity index (χ1) is 8.97. The van der Waals surface area contributed by atoms with Gasteiger partial charge in [0.05, 0.1) is 25.7 Å². The number of nitrogens with one attached hydrogen (secondary N) is 1. The van der Waals surface area contributed by atoms with Crippen LogP contribution in [-0.2, 0) is 14.3 Å². The molecule has 1 N–H and O–H groups in total. The smallest absolute Gasteiger partial charge is 0.247 e. The maximum absolute atomic E-state index is 12.1. The van der Waals surface area contributed by atoms with Gasteiger partial charge in [-0.25, -0.2) is 0 Å². The summed E-state index contributed by atoms with van der Waals surface area (Å²) in [6.45, 7) is 11.1. The van der Waals surface area contributed by atoms with Crippen molar-refractivity contribution in [2.24, 2.45) is 0 Å². The van der Waals surface area contributed by atoms with E-state index >= 15 is 0 Å². The minimum Gasteiger partial charge on any atom is -0.376 e. The van der Waals surface area contributed by atoms with Gasteiger partial charge < -0.3 is 10.1 Å². The quantitative estimate of drug-likeness (QED) is 0.407. The predicted octanol–water partition coefficient (Wildman–Crippen LogP) is 1.09. The predicted molar refractivity (Wildman–Crippen MR) is 73.6 cm³/mol. The number of carbonyl (C=O) groups excluding carboxylic acids is 2. The number of hydrogen-bond acceptors (Lipinski definition) is 4. The van der Waals surface area contributed by atoms with Crippen molar-refractivity contribution in [3.05, 3.63) is 12.2 Å². The van der Waals surface area contributed by atoms with E-state index in [0.29, 0.717) is 19.8 Å². The highest BCUT2D eigenvalue weighted by molar-refractivity contribution is 6.05. The van der Waals surface area contributed by atoms with Crippen LogP contribution in [0.3, 0.4) is 0 Å². The molecule has 0 aromatic carbocycles. The lowest BCUT2D eigenvalue weighted by atomic mass is 10.2. The van der Waals surface area contributed by atoms with Crippen LogP contribution >= 0.6 is 0 Å². The van der Waals surface area contributed by atoms with E-state index in [1.165, 1.54) is 4.90 Å². The molecule has 0 spiro atoms. The Morgan fingerprint density at radius 1 is 1.58 bits per heavy atom. The van der Waals surface area contributed by atoms with Crippen LogP contribution < -0.4 is 5.32 Å². The Bertz CT molecular complexity index is 355. The largest absolute Gasteiger partial charge is 0.376 e. The van der Waals surface area contributed by atoms with E-state index in [1.807, 2.05) is 20.8 Å². The Labute approximate surface area is 115 Å². The molecule has 5 nitrogen and oxygen atoms in total. The fourth-order valence-electron chi connectivity index (χ4n) is 2.01. The second kappa shape index (κ2) is 7.40. The molecule has 5 heteroatoms. The first kappa shape index (κ1) is 15.9. The average molecular weight is 268 g/mol. The van der Waals surface area contributed by atoms with Gasteiger partial charge in [-0.1, -0.05) is 19.1 Å². The van der Waals surface area contributed by atoms with E-state index in [1.54, 1.807) is 0 Å². The van der Waals surface area contributed by atoms with Gasteiger partial charge in [-0.05, 0) is 20.3 Å². The van der Waals surface area contributed by atoms with Crippen LogP contribution in [0.2, 0.25) is 0 Å². The molecular formula is C14H24N2O3. The molecule has 0 aromatic rings. The zero-order valence-corrected chi connectivity index (χ0v) is 12.1. The lowest BCUT2D eigenvalue weighted by Gasteiger charge is -2.21. The number of carbonyl (C=O) groups is 2. The maximum atomic E-state index is 12.1. The Morgan fingerprint density at radius 3 is 2.84 bits per heavy atom. The molecule has 2 atom stereocenters. The zero-order valence-electron chi connectivity index (χ0n) is 12.1. The molecule has 0 bridgehead atoms. The highest BCUT2D eigenvalue weighted by Gasteiger charge is 2.40. The van der Waals surface area contributed by atoms with Crippen LogP contribution in [0.15, 0.2) is 12.2 Å². The van der Waals surface area contributed by atoms with Crippen molar-refractivity contribution in [2.75, 3.05) is 19.8 Å². The summed E-state index contributed by atoms with van der Waals surface area (Å²) in [5.74, 6) is -0.195. The van der Waals surface area contributed by atoms with Crippen molar-refractivity contribution in [2.45, 2.75) is 45.7 Å². The molecule has 0 aromatic heterocycles. The third-order valence-corrected chi connectivity index (χ3v) is 3.20. The van der Waals surface area contributed by atoms with Crippen LogP contribution in [-0.4, -0.2) is 48.6 Å². The van der Waals surface area contributed by atoms with Crippen LogP contribution in [0.1, 0.15) is 33.6 Å². The molecule has 0 aliphatic carbocycles. The Morgan fingerprint density at radius 2 is 2.26 bits per heavy atom. The summed E-state index contributed by atoms with van der Waals surface area (Å²) >= 11 is 0. The molecule has 1 rings (SSSR count). The third-order valence-electron chi connectivity index (χ3n) is 3.20. The summed E-state index contributed by atoms with van der Waals surface area (Å²) in [6.07, 6.45) is 1.04. The second-order valence-electron chi connectivity index (χ2n) is 5.08. The highest BCUT2D eigenvalue weighted by atomic mass is 16.5. The molecule has 108 valence electrons. The van der Waals surface area contributed by atoms with E-state index in [4.69, 9.17) is 4.74 Å². The monoisotopic (exact) mass is 268 g/mol. The third kappa shape index (κ3) is 4.44. The summed E-state index contributed by atoms with van der Waals surface area (Å²) in [5.41, 5.74) is 0.968. The topological polar surface area (TPSA) is 58.6 Å². The average Bonchev–Trinajstić information content (AvgIpc) is 2.63. The van der Waals surface area contributed by atoms with Gasteiger partial charge in [-0.2, -0.15) is 0 Å². The van der Waals surface area contributed by atoms with Crippen molar-refractivity contribution < 1.29 is 14.3 Å². The molecule has 1 fully saturated rings. The molecule has 1 aliphatic rings. The first-order valence-electron chi connectivity index (χ1n) is 6.78. The summed E-state index contributed by atoms with van der Waals surface area (Å²) < 4.78 is 5.34. The molecule has 2 unspecified atom stereocenters. The SMILES string of the molecule is C=C(C)COCCNC1CC(=O)N(C(C)CC)C1=O. The summed E-state index contributed by atoms with van der Waals surface area (Å²) in [6, 6.07) is -0.415. The molecule has 2 amide bonds. The molecule has 0 radical (unpaired) electrons. The number of ether oxygens (including phenoxy) is 1. The summed E-state index contributed by atoms with van der Waals surface area (Å²) in [4.78, 5) is 25.3. The van der Waals surface area contributed by atoms with E-state index in [9.17, 15) is 9.59 Å². The molecule has 1 heterocycles. The minimum absolute atomic E-state index is 0.0218. The normalized spacial score (nSPS) is 21.0. The van der Waals surface area contributed by atoms with Crippen LogP contribution in [0.25, 0.3) is 0 Å². The fourth-order valence-corrected chi connectivity index (χ4v) is 2.01. The van der Waals surface area contributed by atoms with Crippen molar-refractivity contribution in [3.63, 3.8) is 0 Å². The molecular weight excluding hydrogens is 244 g/mol. The van der Waals surface area contributed by atoms with E-state index in [-0.39, 0.29) is 24.3 Å². The number of nitrogens with zero attached hydrogens (tertiary/aromatic N) is 1. The second-order valence-corrected chi connectivity index (χ2v) is 5.08. The van der Waals surface area contributed by atoms with Crippen LogP contribution in [0.4, 0.5) is 0 Å². The van der Waals surface area contributed by atoms with E-state index < -0.39 is 6.04 Å². The van der Waals surface area contributed by atoms with Crippen molar-refractivity contribution in [3.8, 4) is 0 Å². The van der Waals surface area contributed by atoms with Crippen LogP contribution in [0, 0.1) is 0 Å². The molecule has 19 heavy (non-hydrogen) atoms. The van der Waals surface area contributed by atoms with Crippen molar-refractivity contribution >= 4 is 11.8 Å². The van der Waals surface area contributed by atoms with Gasteiger partial charge in [0.2, 0.25) is 11.8 Å². The Balaban J connectivity index is 2.34. The van der Waals surface area contributed by atoms with E-state index in [2.05, 4.69) is 11.9 Å². The van der Waals surface area contributed by atoms with Gasteiger partial charge in [0.15, 0.2) is 0 Å². The van der Waals surface area contributed by atoms with E-state index in [0.717, 1.165) is 12.0 Å². The Hall–Kier alpha value is -1.20. The van der Waals surface area contributed by atoms with Gasteiger partial charge in [0.1, 0.15) is 0 Å².